The van der Waals surface area contributed by atoms with Gasteiger partial charge in [0.2, 0.25) is 0 Å². The summed E-state index contributed by atoms with van der Waals surface area (Å²) in [6, 6.07) is 15.7. The molecule has 2 N–H and O–H groups in total. The van der Waals surface area contributed by atoms with Crippen molar-refractivity contribution in [2.24, 2.45) is 0 Å². The summed E-state index contributed by atoms with van der Waals surface area (Å²) in [5, 5.41) is 12.7. The Morgan fingerprint density at radius 2 is 1.87 bits per heavy atom. The van der Waals surface area contributed by atoms with Gasteiger partial charge in [-0.25, -0.2) is 14.8 Å². The third-order valence-electron chi connectivity index (χ3n) is 3.20. The molecule has 0 fully saturated rings. The van der Waals surface area contributed by atoms with Crippen LogP contribution in [0.4, 0.5) is 11.5 Å². The van der Waals surface area contributed by atoms with E-state index in [1.165, 1.54) is 12.4 Å². The Morgan fingerprint density at radius 1 is 1.04 bits per heavy atom. The molecule has 0 aliphatic rings. The third kappa shape index (κ3) is 3.46. The predicted molar refractivity (Wildman–Crippen MR) is 89.2 cm³/mol. The molecule has 0 bridgehead atoms. The lowest BCUT2D eigenvalue weighted by Crippen LogP contribution is -1.99. The van der Waals surface area contributed by atoms with Gasteiger partial charge < -0.3 is 10.4 Å². The molecule has 0 atom stereocenters. The number of hydrogen-bond acceptors (Lipinski definition) is 4. The van der Waals surface area contributed by atoms with Gasteiger partial charge in [0, 0.05) is 22.3 Å². The monoisotopic (exact) mass is 325 g/mol. The Hall–Kier alpha value is -2.92. The van der Waals surface area contributed by atoms with Gasteiger partial charge in [-0.15, -0.1) is 0 Å². The van der Waals surface area contributed by atoms with Crippen LogP contribution in [0.25, 0.3) is 11.3 Å². The standard InChI is InChI=1S/C17H12ClN3O2/c18-14-7-2-1-6-13(14)15-9-16(20-10-19-15)21-12-5-3-4-11(8-12)17(22)23/h1-10H,(H,22,23)(H,19,20,21). The van der Waals surface area contributed by atoms with Crippen molar-refractivity contribution < 1.29 is 9.90 Å². The van der Waals surface area contributed by atoms with Crippen LogP contribution in [0.2, 0.25) is 5.02 Å². The van der Waals surface area contributed by atoms with Crippen molar-refractivity contribution in [3.05, 3.63) is 71.5 Å². The molecule has 6 heteroatoms. The minimum absolute atomic E-state index is 0.204. The molecule has 3 aromatic rings. The molecule has 1 heterocycles. The zero-order chi connectivity index (χ0) is 16.2. The number of carbonyl (C=O) groups is 1. The molecule has 0 aliphatic heterocycles. The van der Waals surface area contributed by atoms with E-state index in [0.29, 0.717) is 22.2 Å². The minimum Gasteiger partial charge on any atom is -0.478 e. The van der Waals surface area contributed by atoms with Crippen LogP contribution in [-0.4, -0.2) is 21.0 Å². The fraction of sp³-hybridized carbons (Fsp3) is 0. The van der Waals surface area contributed by atoms with Crippen LogP contribution in [0.5, 0.6) is 0 Å². The van der Waals surface area contributed by atoms with Gasteiger partial charge in [0.25, 0.3) is 0 Å². The van der Waals surface area contributed by atoms with Crippen molar-refractivity contribution in [1.29, 1.82) is 0 Å². The lowest BCUT2D eigenvalue weighted by molar-refractivity contribution is 0.0697. The molecule has 2 aromatic carbocycles. The van der Waals surface area contributed by atoms with Crippen LogP contribution in [0, 0.1) is 0 Å². The number of hydrogen-bond donors (Lipinski definition) is 2. The Balaban J connectivity index is 1.90. The maximum absolute atomic E-state index is 11.0. The molecule has 0 saturated carbocycles. The van der Waals surface area contributed by atoms with Crippen LogP contribution in [0.3, 0.4) is 0 Å². The van der Waals surface area contributed by atoms with Gasteiger partial charge >= 0.3 is 5.97 Å². The van der Waals surface area contributed by atoms with Crippen molar-refractivity contribution in [2.75, 3.05) is 5.32 Å². The summed E-state index contributed by atoms with van der Waals surface area (Å²) in [7, 11) is 0. The van der Waals surface area contributed by atoms with E-state index in [9.17, 15) is 4.79 Å². The van der Waals surface area contributed by atoms with Crippen LogP contribution >= 0.6 is 11.6 Å². The number of aromatic nitrogens is 2. The zero-order valence-electron chi connectivity index (χ0n) is 11.9. The van der Waals surface area contributed by atoms with E-state index < -0.39 is 5.97 Å². The zero-order valence-corrected chi connectivity index (χ0v) is 12.7. The molecule has 0 aliphatic carbocycles. The molecule has 1 aromatic heterocycles. The number of nitrogens with one attached hydrogen (secondary N) is 1. The van der Waals surface area contributed by atoms with Gasteiger partial charge in [-0.05, 0) is 24.3 Å². The summed E-state index contributed by atoms with van der Waals surface area (Å²) in [6.07, 6.45) is 1.43. The molecule has 3 rings (SSSR count). The Bertz CT molecular complexity index is 868. The lowest BCUT2D eigenvalue weighted by Gasteiger charge is -2.08. The Morgan fingerprint density at radius 3 is 2.65 bits per heavy atom. The molecule has 0 spiro atoms. The fourth-order valence-corrected chi connectivity index (χ4v) is 2.35. The molecule has 114 valence electrons. The van der Waals surface area contributed by atoms with Gasteiger partial charge in [0.15, 0.2) is 0 Å². The summed E-state index contributed by atoms with van der Waals surface area (Å²) in [4.78, 5) is 19.4. The van der Waals surface area contributed by atoms with Crippen LogP contribution < -0.4 is 5.32 Å². The summed E-state index contributed by atoms with van der Waals surface area (Å²) in [6.45, 7) is 0. The van der Waals surface area contributed by atoms with Crippen molar-refractivity contribution in [3.8, 4) is 11.3 Å². The highest BCUT2D eigenvalue weighted by atomic mass is 35.5. The summed E-state index contributed by atoms with van der Waals surface area (Å²) < 4.78 is 0. The van der Waals surface area contributed by atoms with Gasteiger partial charge in [0.05, 0.1) is 11.3 Å². The van der Waals surface area contributed by atoms with Crippen molar-refractivity contribution in [3.63, 3.8) is 0 Å². The summed E-state index contributed by atoms with van der Waals surface area (Å²) in [5.74, 6) is -0.425. The maximum atomic E-state index is 11.0. The average Bonchev–Trinajstić information content (AvgIpc) is 2.56. The van der Waals surface area contributed by atoms with Gasteiger partial charge in [0.1, 0.15) is 12.1 Å². The van der Waals surface area contributed by atoms with E-state index in [4.69, 9.17) is 16.7 Å². The van der Waals surface area contributed by atoms with Crippen molar-refractivity contribution >= 4 is 29.1 Å². The predicted octanol–water partition coefficient (Wildman–Crippen LogP) is 4.24. The number of rotatable bonds is 4. The first-order valence-corrected chi connectivity index (χ1v) is 7.18. The van der Waals surface area contributed by atoms with Gasteiger partial charge in [-0.3, -0.25) is 0 Å². The molecule has 23 heavy (non-hydrogen) atoms. The van der Waals surface area contributed by atoms with E-state index in [2.05, 4.69) is 15.3 Å². The quantitative estimate of drug-likeness (QED) is 0.750. The summed E-state index contributed by atoms with van der Waals surface area (Å²) in [5.41, 5.74) is 2.32. The van der Waals surface area contributed by atoms with E-state index >= 15 is 0 Å². The molecule has 0 radical (unpaired) electrons. The highest BCUT2D eigenvalue weighted by molar-refractivity contribution is 6.33. The lowest BCUT2D eigenvalue weighted by atomic mass is 10.1. The van der Waals surface area contributed by atoms with Crippen LogP contribution in [-0.2, 0) is 0 Å². The van der Waals surface area contributed by atoms with E-state index in [-0.39, 0.29) is 5.56 Å². The number of anilines is 2. The van der Waals surface area contributed by atoms with E-state index in [1.54, 1.807) is 30.3 Å². The third-order valence-corrected chi connectivity index (χ3v) is 3.53. The second-order valence-corrected chi connectivity index (χ2v) is 5.19. The molecule has 0 amide bonds. The van der Waals surface area contributed by atoms with E-state index in [1.807, 2.05) is 18.2 Å². The highest BCUT2D eigenvalue weighted by Crippen LogP contribution is 2.27. The second kappa shape index (κ2) is 6.46. The van der Waals surface area contributed by atoms with Gasteiger partial charge in [-0.1, -0.05) is 35.9 Å². The number of nitrogens with zero attached hydrogens (tertiary/aromatic N) is 2. The average molecular weight is 326 g/mol. The second-order valence-electron chi connectivity index (χ2n) is 4.78. The minimum atomic E-state index is -0.979. The van der Waals surface area contributed by atoms with Crippen molar-refractivity contribution in [2.45, 2.75) is 0 Å². The molecular weight excluding hydrogens is 314 g/mol. The normalized spacial score (nSPS) is 10.3. The van der Waals surface area contributed by atoms with E-state index in [0.717, 1.165) is 5.56 Å². The van der Waals surface area contributed by atoms with Crippen molar-refractivity contribution in [1.82, 2.24) is 9.97 Å². The van der Waals surface area contributed by atoms with Gasteiger partial charge in [-0.2, -0.15) is 0 Å². The highest BCUT2D eigenvalue weighted by Gasteiger charge is 2.07. The Labute approximate surface area is 137 Å². The topological polar surface area (TPSA) is 75.1 Å². The number of carboxylic acids is 1. The SMILES string of the molecule is O=C(O)c1cccc(Nc2cc(-c3ccccc3Cl)ncn2)c1. The van der Waals surface area contributed by atoms with Crippen LogP contribution in [0.15, 0.2) is 60.9 Å². The largest absolute Gasteiger partial charge is 0.478 e. The number of halogens is 1. The molecule has 0 saturated heterocycles. The summed E-state index contributed by atoms with van der Waals surface area (Å²) >= 11 is 6.18. The first-order chi connectivity index (χ1) is 11.1. The molecule has 5 nitrogen and oxygen atoms in total. The first kappa shape index (κ1) is 15.0. The first-order valence-electron chi connectivity index (χ1n) is 6.81. The fourth-order valence-electron chi connectivity index (χ4n) is 2.12. The smallest absolute Gasteiger partial charge is 0.335 e. The van der Waals surface area contributed by atoms with Crippen LogP contribution in [0.1, 0.15) is 10.4 Å². The number of aromatic carboxylic acids is 1. The number of benzene rings is 2. The maximum Gasteiger partial charge on any atom is 0.335 e. The Kier molecular flexibility index (Phi) is 4.21. The molecular formula is C17H12ClN3O2. The number of carboxylic acid groups (broad SMARTS) is 1. The molecule has 0 unspecified atom stereocenters.